The quantitative estimate of drug-likeness (QED) is 0.777. The number of hydrogen-bond donors (Lipinski definition) is 0. The summed E-state index contributed by atoms with van der Waals surface area (Å²) in [6.07, 6.45) is 10.6. The van der Waals surface area contributed by atoms with Crippen LogP contribution in [0.1, 0.15) is 24.8 Å². The van der Waals surface area contributed by atoms with E-state index in [4.69, 9.17) is 0 Å². The lowest BCUT2D eigenvalue weighted by Crippen LogP contribution is -2.52. The summed E-state index contributed by atoms with van der Waals surface area (Å²) in [4.78, 5) is 29.0. The first-order valence-corrected chi connectivity index (χ1v) is 10.5. The number of anilines is 1. The number of nitrogens with zero attached hydrogens (tertiary/aromatic N) is 7. The van der Waals surface area contributed by atoms with Crippen LogP contribution in [-0.4, -0.2) is 75.2 Å². The summed E-state index contributed by atoms with van der Waals surface area (Å²) in [6, 6.07) is 1.84. The Kier molecular flexibility index (Phi) is 4.34. The van der Waals surface area contributed by atoms with Gasteiger partial charge < -0.3 is 9.80 Å². The highest BCUT2D eigenvalue weighted by molar-refractivity contribution is 5.87. The molecule has 1 amide bonds. The first-order chi connectivity index (χ1) is 14.0. The molecular weight excluding hydrogens is 366 g/mol. The van der Waals surface area contributed by atoms with E-state index in [0.717, 1.165) is 64.5 Å². The normalized spacial score (nSPS) is 26.9. The minimum Gasteiger partial charge on any atom is -0.345 e. The Balaban J connectivity index is 1.39. The highest BCUT2D eigenvalue weighted by Gasteiger charge is 2.65. The second-order valence-electron chi connectivity index (χ2n) is 9.04. The molecule has 2 spiro atoms. The number of amides is 1. The molecular formula is C21H29N7O. The Morgan fingerprint density at radius 3 is 2.41 bits per heavy atom. The summed E-state index contributed by atoms with van der Waals surface area (Å²) in [7, 11) is 3.91. The van der Waals surface area contributed by atoms with Crippen LogP contribution in [0.3, 0.4) is 0 Å². The van der Waals surface area contributed by atoms with E-state index in [9.17, 15) is 4.79 Å². The predicted octanol–water partition coefficient (Wildman–Crippen LogP) is 1.16. The van der Waals surface area contributed by atoms with Gasteiger partial charge in [0.2, 0.25) is 11.9 Å². The van der Waals surface area contributed by atoms with E-state index in [-0.39, 0.29) is 10.8 Å². The zero-order valence-electron chi connectivity index (χ0n) is 17.3. The van der Waals surface area contributed by atoms with Crippen molar-refractivity contribution in [2.45, 2.75) is 25.8 Å². The fourth-order valence-corrected chi connectivity index (χ4v) is 5.82. The zero-order chi connectivity index (χ0) is 20.1. The maximum atomic E-state index is 13.4. The number of fused-ring (bicyclic) bond motifs is 1. The maximum absolute atomic E-state index is 13.4. The largest absolute Gasteiger partial charge is 0.345 e. The monoisotopic (exact) mass is 395 g/mol. The summed E-state index contributed by atoms with van der Waals surface area (Å²) in [5.41, 5.74) is 0.946. The minimum absolute atomic E-state index is 0.000513. The smallest absolute Gasteiger partial charge is 0.231 e. The molecule has 5 rings (SSSR count). The molecule has 2 aromatic rings. The lowest BCUT2D eigenvalue weighted by atomic mass is 9.60. The van der Waals surface area contributed by atoms with Gasteiger partial charge in [0, 0.05) is 69.8 Å². The van der Waals surface area contributed by atoms with Gasteiger partial charge in [-0.25, -0.2) is 9.97 Å². The van der Waals surface area contributed by atoms with Gasteiger partial charge in [0.25, 0.3) is 0 Å². The first kappa shape index (κ1) is 18.5. The maximum Gasteiger partial charge on any atom is 0.231 e. The van der Waals surface area contributed by atoms with E-state index in [1.54, 1.807) is 12.4 Å². The van der Waals surface area contributed by atoms with Crippen molar-refractivity contribution < 1.29 is 4.79 Å². The third-order valence-electron chi connectivity index (χ3n) is 7.41. The average molecular weight is 396 g/mol. The molecule has 2 aromatic heterocycles. The van der Waals surface area contributed by atoms with Crippen LogP contribution in [0.4, 0.5) is 5.95 Å². The topological polar surface area (TPSA) is 70.4 Å². The van der Waals surface area contributed by atoms with Crippen molar-refractivity contribution in [3.63, 3.8) is 0 Å². The average Bonchev–Trinajstić information content (AvgIpc) is 3.38. The van der Waals surface area contributed by atoms with E-state index < -0.39 is 0 Å². The summed E-state index contributed by atoms with van der Waals surface area (Å²) in [6.45, 7) is 5.41. The SMILES string of the molecule is CN1CC[C@]2(CN(c3ncccn3)CC23CCN(Cc2cnn(C)c2)CC3)C1=O. The van der Waals surface area contributed by atoms with Gasteiger partial charge in [-0.05, 0) is 38.4 Å². The molecule has 0 N–H and O–H groups in total. The van der Waals surface area contributed by atoms with Gasteiger partial charge in [0.1, 0.15) is 0 Å². The second kappa shape index (κ2) is 6.79. The molecule has 0 bridgehead atoms. The number of carbonyl (C=O) groups is 1. The van der Waals surface area contributed by atoms with Gasteiger partial charge in [-0.2, -0.15) is 5.10 Å². The first-order valence-electron chi connectivity index (χ1n) is 10.5. The Morgan fingerprint density at radius 2 is 1.79 bits per heavy atom. The lowest BCUT2D eigenvalue weighted by Gasteiger charge is -2.46. The molecule has 5 heterocycles. The molecule has 3 saturated heterocycles. The fraction of sp³-hybridized carbons (Fsp3) is 0.619. The van der Waals surface area contributed by atoms with Crippen LogP contribution < -0.4 is 4.90 Å². The minimum atomic E-state index is -0.304. The van der Waals surface area contributed by atoms with Gasteiger partial charge in [-0.3, -0.25) is 14.4 Å². The van der Waals surface area contributed by atoms with Crippen molar-refractivity contribution in [3.05, 3.63) is 36.4 Å². The molecule has 8 nitrogen and oxygen atoms in total. The fourth-order valence-electron chi connectivity index (χ4n) is 5.82. The molecule has 3 aliphatic heterocycles. The predicted molar refractivity (Wildman–Crippen MR) is 109 cm³/mol. The second-order valence-corrected chi connectivity index (χ2v) is 9.04. The molecule has 0 radical (unpaired) electrons. The zero-order valence-corrected chi connectivity index (χ0v) is 17.3. The van der Waals surface area contributed by atoms with Crippen molar-refractivity contribution in [1.82, 2.24) is 29.5 Å². The van der Waals surface area contributed by atoms with Crippen molar-refractivity contribution in [3.8, 4) is 0 Å². The van der Waals surface area contributed by atoms with Gasteiger partial charge in [0.15, 0.2) is 0 Å². The van der Waals surface area contributed by atoms with E-state index in [0.29, 0.717) is 5.91 Å². The highest BCUT2D eigenvalue weighted by Crippen LogP contribution is 2.58. The Labute approximate surface area is 171 Å². The standard InChI is InChI=1S/C21H29N7O/c1-25-9-6-21(18(25)29)16-28(19-22-7-3-8-23-19)15-20(21)4-10-27(11-5-20)14-17-12-24-26(2)13-17/h3,7-8,12-13H,4-6,9-11,14-16H2,1-2H3/t21-/m0/s1. The van der Waals surface area contributed by atoms with Crippen molar-refractivity contribution >= 4 is 11.9 Å². The van der Waals surface area contributed by atoms with Crippen molar-refractivity contribution in [2.24, 2.45) is 17.9 Å². The Hall–Kier alpha value is -2.48. The number of piperidine rings is 1. The number of aryl methyl sites for hydroxylation is 1. The van der Waals surface area contributed by atoms with Crippen molar-refractivity contribution in [1.29, 1.82) is 0 Å². The van der Waals surface area contributed by atoms with Crippen LogP contribution >= 0.6 is 0 Å². The molecule has 29 heavy (non-hydrogen) atoms. The molecule has 0 saturated carbocycles. The number of likely N-dealkylation sites (tertiary alicyclic amines) is 2. The lowest BCUT2D eigenvalue weighted by molar-refractivity contribution is -0.141. The molecule has 0 aliphatic carbocycles. The van der Waals surface area contributed by atoms with Crippen LogP contribution in [-0.2, 0) is 18.4 Å². The van der Waals surface area contributed by atoms with Crippen LogP contribution in [0.25, 0.3) is 0 Å². The summed E-state index contributed by atoms with van der Waals surface area (Å²) in [5.74, 6) is 1.07. The van der Waals surface area contributed by atoms with Crippen LogP contribution in [0, 0.1) is 10.8 Å². The third kappa shape index (κ3) is 2.92. The number of hydrogen-bond acceptors (Lipinski definition) is 6. The molecule has 1 atom stereocenters. The molecule has 0 unspecified atom stereocenters. The number of carbonyl (C=O) groups excluding carboxylic acids is 1. The molecule has 3 fully saturated rings. The van der Waals surface area contributed by atoms with Gasteiger partial charge in [-0.1, -0.05) is 0 Å². The Bertz CT molecular complexity index is 889. The summed E-state index contributed by atoms with van der Waals surface area (Å²) >= 11 is 0. The van der Waals surface area contributed by atoms with E-state index in [2.05, 4.69) is 31.1 Å². The molecule has 3 aliphatic rings. The highest BCUT2D eigenvalue weighted by atomic mass is 16.2. The van der Waals surface area contributed by atoms with Gasteiger partial charge in [0.05, 0.1) is 11.6 Å². The summed E-state index contributed by atoms with van der Waals surface area (Å²) in [5, 5.41) is 4.29. The van der Waals surface area contributed by atoms with Gasteiger partial charge in [-0.15, -0.1) is 0 Å². The molecule has 0 aromatic carbocycles. The number of rotatable bonds is 3. The number of aromatic nitrogens is 4. The summed E-state index contributed by atoms with van der Waals surface area (Å²) < 4.78 is 1.86. The van der Waals surface area contributed by atoms with Crippen molar-refractivity contribution in [2.75, 3.05) is 44.7 Å². The molecule has 154 valence electrons. The van der Waals surface area contributed by atoms with Crippen LogP contribution in [0.2, 0.25) is 0 Å². The van der Waals surface area contributed by atoms with E-state index >= 15 is 0 Å². The van der Waals surface area contributed by atoms with E-state index in [1.807, 2.05) is 35.9 Å². The Morgan fingerprint density at radius 1 is 1.03 bits per heavy atom. The van der Waals surface area contributed by atoms with Crippen LogP contribution in [0.5, 0.6) is 0 Å². The third-order valence-corrected chi connectivity index (χ3v) is 7.41. The van der Waals surface area contributed by atoms with Gasteiger partial charge >= 0.3 is 0 Å². The van der Waals surface area contributed by atoms with E-state index in [1.165, 1.54) is 5.56 Å². The molecule has 8 heteroatoms. The van der Waals surface area contributed by atoms with Crippen LogP contribution in [0.15, 0.2) is 30.9 Å².